The standard InChI is InChI=1S/C21H25N3O7/c1-31-21(28)14-9-12-22(13-10-14)17(25)8-3-2-4-11-23-19(26)15-6-5-7-16(24(29)30)18(15)20(23)27/h5-7,14H,2-4,8-13H2,1H3. The van der Waals surface area contributed by atoms with Crippen molar-refractivity contribution in [3.63, 3.8) is 0 Å². The van der Waals surface area contributed by atoms with Gasteiger partial charge in [0.25, 0.3) is 17.5 Å². The number of rotatable bonds is 8. The number of nitrogens with zero attached hydrogens (tertiary/aromatic N) is 3. The number of hydrogen-bond acceptors (Lipinski definition) is 7. The van der Waals surface area contributed by atoms with E-state index in [1.807, 2.05) is 0 Å². The summed E-state index contributed by atoms with van der Waals surface area (Å²) >= 11 is 0. The first-order valence-corrected chi connectivity index (χ1v) is 10.3. The van der Waals surface area contributed by atoms with E-state index in [0.717, 1.165) is 4.90 Å². The van der Waals surface area contributed by atoms with Gasteiger partial charge in [-0.1, -0.05) is 12.5 Å². The van der Waals surface area contributed by atoms with Crippen LogP contribution in [0.15, 0.2) is 18.2 Å². The summed E-state index contributed by atoms with van der Waals surface area (Å²) in [6.45, 7) is 1.22. The molecule has 166 valence electrons. The van der Waals surface area contributed by atoms with Gasteiger partial charge in [-0.15, -0.1) is 0 Å². The maximum absolute atomic E-state index is 12.5. The molecule has 10 nitrogen and oxygen atoms in total. The van der Waals surface area contributed by atoms with Gasteiger partial charge >= 0.3 is 5.97 Å². The molecule has 0 saturated carbocycles. The fourth-order valence-corrected chi connectivity index (χ4v) is 4.08. The second-order valence-electron chi connectivity index (χ2n) is 7.71. The number of hydrogen-bond donors (Lipinski definition) is 0. The molecule has 1 aromatic rings. The number of nitro benzene ring substituents is 1. The first-order valence-electron chi connectivity index (χ1n) is 10.3. The molecule has 0 bridgehead atoms. The molecule has 31 heavy (non-hydrogen) atoms. The molecule has 0 spiro atoms. The number of nitro groups is 1. The van der Waals surface area contributed by atoms with Crippen molar-refractivity contribution in [3.8, 4) is 0 Å². The van der Waals surface area contributed by atoms with Crippen molar-refractivity contribution in [1.29, 1.82) is 0 Å². The average molecular weight is 431 g/mol. The molecule has 2 aliphatic heterocycles. The van der Waals surface area contributed by atoms with Gasteiger partial charge in [0, 0.05) is 32.1 Å². The Labute approximate surface area is 179 Å². The van der Waals surface area contributed by atoms with E-state index in [1.165, 1.54) is 25.3 Å². The third kappa shape index (κ3) is 4.73. The number of benzene rings is 1. The van der Waals surface area contributed by atoms with Gasteiger partial charge in [0.15, 0.2) is 0 Å². The lowest BCUT2D eigenvalue weighted by atomic mass is 9.96. The third-order valence-corrected chi connectivity index (χ3v) is 5.83. The summed E-state index contributed by atoms with van der Waals surface area (Å²) in [7, 11) is 1.36. The number of likely N-dealkylation sites (tertiary alicyclic amines) is 1. The van der Waals surface area contributed by atoms with Crippen molar-refractivity contribution in [2.24, 2.45) is 5.92 Å². The number of imide groups is 1. The summed E-state index contributed by atoms with van der Waals surface area (Å²) in [5.74, 6) is -1.51. The lowest BCUT2D eigenvalue weighted by Crippen LogP contribution is -2.40. The maximum Gasteiger partial charge on any atom is 0.308 e. The zero-order valence-electron chi connectivity index (χ0n) is 17.4. The number of methoxy groups -OCH3 is 1. The molecule has 1 aromatic carbocycles. The monoisotopic (exact) mass is 431 g/mol. The van der Waals surface area contributed by atoms with Crippen LogP contribution in [-0.2, 0) is 14.3 Å². The van der Waals surface area contributed by atoms with E-state index in [0.29, 0.717) is 51.6 Å². The molecule has 1 fully saturated rings. The molecule has 3 amide bonds. The van der Waals surface area contributed by atoms with Crippen LogP contribution < -0.4 is 0 Å². The van der Waals surface area contributed by atoms with Crippen molar-refractivity contribution in [3.05, 3.63) is 39.4 Å². The minimum absolute atomic E-state index is 0.0275. The number of amides is 3. The second kappa shape index (κ2) is 9.67. The highest BCUT2D eigenvalue weighted by Crippen LogP contribution is 2.31. The van der Waals surface area contributed by atoms with Crippen LogP contribution in [0, 0.1) is 16.0 Å². The number of fused-ring (bicyclic) bond motifs is 1. The summed E-state index contributed by atoms with van der Waals surface area (Å²) in [4.78, 5) is 62.1. The molecule has 2 aliphatic rings. The van der Waals surface area contributed by atoms with Gasteiger partial charge in [0.2, 0.25) is 5.91 Å². The van der Waals surface area contributed by atoms with Gasteiger partial charge in [-0.25, -0.2) is 0 Å². The van der Waals surface area contributed by atoms with E-state index >= 15 is 0 Å². The molecular weight excluding hydrogens is 406 g/mol. The Kier molecular flexibility index (Phi) is 6.98. The molecule has 0 aliphatic carbocycles. The molecule has 0 atom stereocenters. The van der Waals surface area contributed by atoms with Gasteiger partial charge in [-0.2, -0.15) is 0 Å². The molecule has 0 radical (unpaired) electrons. The van der Waals surface area contributed by atoms with Gasteiger partial charge in [-0.3, -0.25) is 34.2 Å². The normalized spacial score (nSPS) is 16.4. The Balaban J connectivity index is 1.42. The van der Waals surface area contributed by atoms with E-state index in [2.05, 4.69) is 0 Å². The quantitative estimate of drug-likeness (QED) is 0.203. The highest BCUT2D eigenvalue weighted by Gasteiger charge is 2.40. The van der Waals surface area contributed by atoms with Crippen molar-refractivity contribution in [2.45, 2.75) is 38.5 Å². The Morgan fingerprint density at radius 1 is 1.13 bits per heavy atom. The van der Waals surface area contributed by atoms with Crippen LogP contribution in [0.5, 0.6) is 0 Å². The Hall–Kier alpha value is -3.30. The first kappa shape index (κ1) is 22.4. The average Bonchev–Trinajstić information content (AvgIpc) is 3.02. The minimum Gasteiger partial charge on any atom is -0.469 e. The summed E-state index contributed by atoms with van der Waals surface area (Å²) in [5.41, 5.74) is -0.451. The van der Waals surface area contributed by atoms with Crippen molar-refractivity contribution in [2.75, 3.05) is 26.7 Å². The van der Waals surface area contributed by atoms with Gasteiger partial charge in [-0.05, 0) is 31.7 Å². The predicted molar refractivity (Wildman–Crippen MR) is 108 cm³/mol. The lowest BCUT2D eigenvalue weighted by Gasteiger charge is -2.30. The highest BCUT2D eigenvalue weighted by molar-refractivity contribution is 6.23. The summed E-state index contributed by atoms with van der Waals surface area (Å²) < 4.78 is 4.75. The first-order chi connectivity index (χ1) is 14.8. The summed E-state index contributed by atoms with van der Waals surface area (Å²) in [6.07, 6.45) is 3.32. The Morgan fingerprint density at radius 2 is 1.84 bits per heavy atom. The third-order valence-electron chi connectivity index (χ3n) is 5.83. The van der Waals surface area contributed by atoms with Gasteiger partial charge < -0.3 is 9.64 Å². The van der Waals surface area contributed by atoms with E-state index < -0.39 is 16.7 Å². The molecule has 0 unspecified atom stereocenters. The topological polar surface area (TPSA) is 127 Å². The summed E-state index contributed by atoms with van der Waals surface area (Å²) in [6, 6.07) is 4.03. The second-order valence-corrected chi connectivity index (χ2v) is 7.71. The van der Waals surface area contributed by atoms with Crippen LogP contribution in [0.4, 0.5) is 5.69 Å². The molecule has 10 heteroatoms. The zero-order valence-corrected chi connectivity index (χ0v) is 17.4. The van der Waals surface area contributed by atoms with E-state index in [4.69, 9.17) is 4.74 Å². The number of ether oxygens (including phenoxy) is 1. The number of carbonyl (C=O) groups is 4. The van der Waals surface area contributed by atoms with Gasteiger partial charge in [0.05, 0.1) is 23.5 Å². The number of carbonyl (C=O) groups excluding carboxylic acids is 4. The van der Waals surface area contributed by atoms with Crippen molar-refractivity contribution in [1.82, 2.24) is 9.80 Å². The fraction of sp³-hybridized carbons (Fsp3) is 0.524. The maximum atomic E-state index is 12.5. The number of unbranched alkanes of at least 4 members (excludes halogenated alkanes) is 2. The fourth-order valence-electron chi connectivity index (χ4n) is 4.08. The predicted octanol–water partition coefficient (Wildman–Crippen LogP) is 2.16. The van der Waals surface area contributed by atoms with Crippen molar-refractivity contribution >= 4 is 29.4 Å². The molecule has 1 saturated heterocycles. The smallest absolute Gasteiger partial charge is 0.308 e. The van der Waals surface area contributed by atoms with Crippen LogP contribution in [0.1, 0.15) is 59.2 Å². The zero-order chi connectivity index (χ0) is 22.5. The summed E-state index contributed by atoms with van der Waals surface area (Å²) in [5, 5.41) is 11.1. The Bertz CT molecular complexity index is 906. The number of esters is 1. The van der Waals surface area contributed by atoms with E-state index in [-0.39, 0.29) is 41.2 Å². The molecule has 3 rings (SSSR count). The van der Waals surface area contributed by atoms with Gasteiger partial charge in [0.1, 0.15) is 5.56 Å². The molecule has 2 heterocycles. The lowest BCUT2D eigenvalue weighted by molar-refractivity contribution is -0.385. The molecular formula is C21H25N3O7. The molecule has 0 N–H and O–H groups in total. The van der Waals surface area contributed by atoms with Crippen molar-refractivity contribution < 1.29 is 28.8 Å². The SMILES string of the molecule is COC(=O)C1CCN(C(=O)CCCCCN2C(=O)c3cccc([N+](=O)[O-])c3C2=O)CC1. The van der Waals surface area contributed by atoms with Crippen LogP contribution in [0.25, 0.3) is 0 Å². The van der Waals surface area contributed by atoms with Crippen LogP contribution in [0.3, 0.4) is 0 Å². The Morgan fingerprint density at radius 3 is 2.48 bits per heavy atom. The molecule has 0 aromatic heterocycles. The minimum atomic E-state index is -0.660. The van der Waals surface area contributed by atoms with E-state index in [1.54, 1.807) is 4.90 Å². The van der Waals surface area contributed by atoms with E-state index in [9.17, 15) is 29.3 Å². The van der Waals surface area contributed by atoms with Crippen LogP contribution >= 0.6 is 0 Å². The highest BCUT2D eigenvalue weighted by atomic mass is 16.6. The van der Waals surface area contributed by atoms with Crippen LogP contribution in [0.2, 0.25) is 0 Å². The van der Waals surface area contributed by atoms with Crippen LogP contribution in [-0.4, -0.2) is 65.2 Å². The largest absolute Gasteiger partial charge is 0.469 e. The number of piperidine rings is 1.